The number of fused-ring (bicyclic) bond motifs is 1. The van der Waals surface area contributed by atoms with E-state index in [1.807, 2.05) is 6.07 Å². The molecule has 0 spiro atoms. The van der Waals surface area contributed by atoms with E-state index in [2.05, 4.69) is 5.32 Å². The van der Waals surface area contributed by atoms with Gasteiger partial charge in [-0.2, -0.15) is 0 Å². The Hall–Kier alpha value is -3.52. The second kappa shape index (κ2) is 7.72. The number of Topliss-reactive ketones (excluding diaryl/α,β-unsaturated/α-hetero) is 1. The van der Waals surface area contributed by atoms with E-state index < -0.39 is 32.3 Å². The summed E-state index contributed by atoms with van der Waals surface area (Å²) >= 11 is 0. The van der Waals surface area contributed by atoms with E-state index in [1.165, 1.54) is 6.07 Å². The summed E-state index contributed by atoms with van der Waals surface area (Å²) in [7, 11) is -4.23. The Bertz CT molecular complexity index is 1260. The molecule has 0 saturated carbocycles. The number of para-hydroxylation sites is 1. The van der Waals surface area contributed by atoms with Gasteiger partial charge in [0.25, 0.3) is 10.0 Å². The zero-order valence-electron chi connectivity index (χ0n) is 15.5. The molecule has 0 atom stereocenters. The molecule has 1 aliphatic heterocycles. The zero-order chi connectivity index (χ0) is 21.3. The van der Waals surface area contributed by atoms with E-state index in [0.717, 1.165) is 28.2 Å². The third-order valence-electron chi connectivity index (χ3n) is 4.67. The Balaban J connectivity index is 1.78. The molecule has 0 radical (unpaired) electrons. The summed E-state index contributed by atoms with van der Waals surface area (Å²) in [6.45, 7) is 0.0235. The van der Waals surface area contributed by atoms with Crippen LogP contribution in [0.2, 0.25) is 0 Å². The maximum Gasteiger partial charge on any atom is 0.270 e. The molecule has 0 unspecified atom stereocenters. The van der Waals surface area contributed by atoms with Gasteiger partial charge in [0.05, 0.1) is 17.9 Å². The van der Waals surface area contributed by atoms with Crippen molar-refractivity contribution in [1.29, 1.82) is 0 Å². The average molecular weight is 426 g/mol. The van der Waals surface area contributed by atoms with Crippen LogP contribution >= 0.6 is 0 Å². The number of carbonyl (C=O) groups excluding carboxylic acids is 1. The molecule has 3 aromatic rings. The van der Waals surface area contributed by atoms with Gasteiger partial charge in [0, 0.05) is 17.8 Å². The van der Waals surface area contributed by atoms with Gasteiger partial charge in [-0.1, -0.05) is 42.5 Å². The van der Waals surface area contributed by atoms with E-state index in [9.17, 15) is 22.0 Å². The number of hydrogen-bond acceptors (Lipinski definition) is 4. The molecule has 1 heterocycles. The first-order valence-corrected chi connectivity index (χ1v) is 10.4. The van der Waals surface area contributed by atoms with Crippen LogP contribution < -0.4 is 9.62 Å². The van der Waals surface area contributed by atoms with Gasteiger partial charge in [-0.05, 0) is 29.8 Å². The SMILES string of the molecule is O=C1/C(=C/Nc2ccc(F)cc2F)S(=O)(=O)N(Cc2ccccc2)c2ccccc21. The van der Waals surface area contributed by atoms with Gasteiger partial charge >= 0.3 is 0 Å². The van der Waals surface area contributed by atoms with E-state index in [1.54, 1.807) is 42.5 Å². The highest BCUT2D eigenvalue weighted by atomic mass is 32.2. The summed E-state index contributed by atoms with van der Waals surface area (Å²) in [6.07, 6.45) is 0.946. The normalized spacial score (nSPS) is 16.4. The number of anilines is 2. The van der Waals surface area contributed by atoms with Crippen molar-refractivity contribution >= 4 is 27.2 Å². The first kappa shape index (κ1) is 19.8. The summed E-state index contributed by atoms with van der Waals surface area (Å²) in [6, 6.07) is 18.2. The summed E-state index contributed by atoms with van der Waals surface area (Å²) < 4.78 is 54.8. The summed E-state index contributed by atoms with van der Waals surface area (Å²) in [5, 5.41) is 2.48. The molecular weight excluding hydrogens is 410 g/mol. The van der Waals surface area contributed by atoms with Crippen molar-refractivity contribution in [2.45, 2.75) is 6.54 Å². The van der Waals surface area contributed by atoms with Crippen LogP contribution in [0.4, 0.5) is 20.2 Å². The largest absolute Gasteiger partial charge is 0.358 e. The lowest BCUT2D eigenvalue weighted by atomic mass is 10.1. The van der Waals surface area contributed by atoms with Crippen LogP contribution in [0.15, 0.2) is 83.9 Å². The fraction of sp³-hybridized carbons (Fsp3) is 0.0455. The number of sulfonamides is 1. The Morgan fingerprint density at radius 2 is 1.63 bits per heavy atom. The first-order chi connectivity index (χ1) is 14.4. The molecule has 0 amide bonds. The standard InChI is InChI=1S/C22H16F2N2O3S/c23-16-10-11-19(18(24)12-16)25-13-21-22(27)17-8-4-5-9-20(17)26(30(21,28)29)14-15-6-2-1-3-7-15/h1-13,25H,14H2/b21-13-. The molecule has 0 bridgehead atoms. The third kappa shape index (κ3) is 3.57. The Morgan fingerprint density at radius 3 is 2.37 bits per heavy atom. The van der Waals surface area contributed by atoms with E-state index >= 15 is 0 Å². The number of allylic oxidation sites excluding steroid dienone is 1. The minimum Gasteiger partial charge on any atom is -0.358 e. The fourth-order valence-corrected chi connectivity index (χ4v) is 4.72. The molecule has 0 saturated heterocycles. The molecule has 152 valence electrons. The van der Waals surface area contributed by atoms with E-state index in [4.69, 9.17) is 0 Å². The van der Waals surface area contributed by atoms with Crippen LogP contribution in [0, 0.1) is 11.6 Å². The number of nitrogens with one attached hydrogen (secondary N) is 1. The smallest absolute Gasteiger partial charge is 0.270 e. The molecular formula is C22H16F2N2O3S. The quantitative estimate of drug-likeness (QED) is 0.626. The maximum atomic E-state index is 13.9. The minimum absolute atomic E-state index is 0.0235. The lowest BCUT2D eigenvalue weighted by molar-refractivity contribution is 0.104. The highest BCUT2D eigenvalue weighted by Crippen LogP contribution is 2.36. The van der Waals surface area contributed by atoms with E-state index in [-0.39, 0.29) is 23.5 Å². The molecule has 0 aliphatic carbocycles. The maximum absolute atomic E-state index is 13.9. The number of ketones is 1. The summed E-state index contributed by atoms with van der Waals surface area (Å²) in [4.78, 5) is 12.4. The monoisotopic (exact) mass is 426 g/mol. The topological polar surface area (TPSA) is 66.5 Å². The number of carbonyl (C=O) groups is 1. The number of hydrogen-bond donors (Lipinski definition) is 1. The van der Waals surface area contributed by atoms with Crippen molar-refractivity contribution in [3.05, 3.63) is 107 Å². The molecule has 0 aromatic heterocycles. The van der Waals surface area contributed by atoms with Gasteiger partial charge in [0.2, 0.25) is 5.78 Å². The zero-order valence-corrected chi connectivity index (χ0v) is 16.4. The van der Waals surface area contributed by atoms with Crippen LogP contribution in [0.3, 0.4) is 0 Å². The van der Waals surface area contributed by atoms with Gasteiger partial charge in [0.15, 0.2) is 4.91 Å². The van der Waals surface area contributed by atoms with Crippen LogP contribution in [-0.4, -0.2) is 14.2 Å². The molecule has 1 N–H and O–H groups in total. The number of benzene rings is 3. The van der Waals surface area contributed by atoms with Crippen molar-refractivity contribution in [3.8, 4) is 0 Å². The highest BCUT2D eigenvalue weighted by Gasteiger charge is 2.40. The van der Waals surface area contributed by atoms with Crippen molar-refractivity contribution in [2.24, 2.45) is 0 Å². The third-order valence-corrected chi connectivity index (χ3v) is 6.43. The van der Waals surface area contributed by atoms with Gasteiger partial charge < -0.3 is 5.32 Å². The van der Waals surface area contributed by atoms with Crippen molar-refractivity contribution < 1.29 is 22.0 Å². The van der Waals surface area contributed by atoms with Gasteiger partial charge in [-0.25, -0.2) is 17.2 Å². The highest BCUT2D eigenvalue weighted by molar-refractivity contribution is 7.97. The predicted octanol–water partition coefficient (Wildman–Crippen LogP) is 4.45. The summed E-state index contributed by atoms with van der Waals surface area (Å²) in [5.41, 5.74) is 1.08. The first-order valence-electron chi connectivity index (χ1n) is 9.00. The fourth-order valence-electron chi connectivity index (χ4n) is 3.19. The van der Waals surface area contributed by atoms with Crippen molar-refractivity contribution in [3.63, 3.8) is 0 Å². The van der Waals surface area contributed by atoms with E-state index in [0.29, 0.717) is 6.07 Å². The lowest BCUT2D eigenvalue weighted by Crippen LogP contribution is -2.39. The second-order valence-electron chi connectivity index (χ2n) is 6.62. The van der Waals surface area contributed by atoms with Crippen LogP contribution in [-0.2, 0) is 16.6 Å². The summed E-state index contributed by atoms with van der Waals surface area (Å²) in [5.74, 6) is -2.38. The Kier molecular flexibility index (Phi) is 5.09. The van der Waals surface area contributed by atoms with Gasteiger partial charge in [0.1, 0.15) is 11.6 Å². The second-order valence-corrected chi connectivity index (χ2v) is 8.45. The van der Waals surface area contributed by atoms with Crippen LogP contribution in [0.25, 0.3) is 0 Å². The molecule has 1 aliphatic rings. The van der Waals surface area contributed by atoms with Crippen molar-refractivity contribution in [1.82, 2.24) is 0 Å². The van der Waals surface area contributed by atoms with Gasteiger partial charge in [-0.3, -0.25) is 9.10 Å². The predicted molar refractivity (Wildman–Crippen MR) is 110 cm³/mol. The number of rotatable bonds is 4. The number of halogens is 2. The Labute approximate surface area is 172 Å². The molecule has 30 heavy (non-hydrogen) atoms. The average Bonchev–Trinajstić information content (AvgIpc) is 2.73. The molecule has 5 nitrogen and oxygen atoms in total. The van der Waals surface area contributed by atoms with Crippen LogP contribution in [0.5, 0.6) is 0 Å². The van der Waals surface area contributed by atoms with Crippen LogP contribution in [0.1, 0.15) is 15.9 Å². The number of nitrogens with zero attached hydrogens (tertiary/aromatic N) is 1. The molecule has 0 fully saturated rings. The van der Waals surface area contributed by atoms with Crippen molar-refractivity contribution in [2.75, 3.05) is 9.62 Å². The Morgan fingerprint density at radius 1 is 0.933 bits per heavy atom. The van der Waals surface area contributed by atoms with Gasteiger partial charge in [-0.15, -0.1) is 0 Å². The molecule has 8 heteroatoms. The molecule has 3 aromatic carbocycles. The lowest BCUT2D eigenvalue weighted by Gasteiger charge is -2.31. The minimum atomic E-state index is -4.23. The molecule has 4 rings (SSSR count).